The SMILES string of the molecule is CC(C)CCC1(CBr)CC1. The van der Waals surface area contributed by atoms with Gasteiger partial charge in [-0.1, -0.05) is 36.2 Å². The van der Waals surface area contributed by atoms with Crippen molar-refractivity contribution in [1.82, 2.24) is 0 Å². The molecular weight excluding hydrogens is 188 g/mol. The fraction of sp³-hybridized carbons (Fsp3) is 1.00. The summed E-state index contributed by atoms with van der Waals surface area (Å²) in [5.41, 5.74) is 0.740. The molecule has 0 aromatic carbocycles. The van der Waals surface area contributed by atoms with Gasteiger partial charge in [-0.25, -0.2) is 0 Å². The van der Waals surface area contributed by atoms with E-state index in [2.05, 4.69) is 29.8 Å². The normalized spacial score (nSPS) is 21.6. The second kappa shape index (κ2) is 3.25. The Morgan fingerprint density at radius 3 is 2.30 bits per heavy atom. The number of hydrogen-bond donors (Lipinski definition) is 0. The summed E-state index contributed by atoms with van der Waals surface area (Å²) >= 11 is 3.58. The monoisotopic (exact) mass is 204 g/mol. The predicted molar refractivity (Wildman–Crippen MR) is 49.5 cm³/mol. The summed E-state index contributed by atoms with van der Waals surface area (Å²) in [5, 5.41) is 1.23. The summed E-state index contributed by atoms with van der Waals surface area (Å²) in [6, 6.07) is 0. The molecular formula is C9H17Br. The van der Waals surface area contributed by atoms with Gasteiger partial charge in [0.25, 0.3) is 0 Å². The molecule has 1 aliphatic carbocycles. The van der Waals surface area contributed by atoms with Crippen molar-refractivity contribution in [2.45, 2.75) is 39.5 Å². The van der Waals surface area contributed by atoms with Crippen molar-refractivity contribution in [2.24, 2.45) is 11.3 Å². The molecule has 0 aliphatic heterocycles. The van der Waals surface area contributed by atoms with Crippen LogP contribution in [0.2, 0.25) is 0 Å². The van der Waals surface area contributed by atoms with Gasteiger partial charge in [-0.05, 0) is 30.6 Å². The molecule has 0 nitrogen and oxygen atoms in total. The van der Waals surface area contributed by atoms with Crippen LogP contribution in [0.25, 0.3) is 0 Å². The second-order valence-electron chi connectivity index (χ2n) is 4.07. The Bertz CT molecular complexity index is 103. The van der Waals surface area contributed by atoms with E-state index in [4.69, 9.17) is 0 Å². The maximum atomic E-state index is 3.58. The van der Waals surface area contributed by atoms with Crippen LogP contribution in [-0.4, -0.2) is 5.33 Å². The van der Waals surface area contributed by atoms with E-state index in [1.807, 2.05) is 0 Å². The van der Waals surface area contributed by atoms with E-state index in [0.717, 1.165) is 11.3 Å². The van der Waals surface area contributed by atoms with Crippen LogP contribution < -0.4 is 0 Å². The van der Waals surface area contributed by atoms with Gasteiger partial charge >= 0.3 is 0 Å². The van der Waals surface area contributed by atoms with Crippen LogP contribution in [0.5, 0.6) is 0 Å². The molecule has 0 amide bonds. The average molecular weight is 205 g/mol. The fourth-order valence-corrected chi connectivity index (χ4v) is 2.06. The number of rotatable bonds is 4. The lowest BCUT2D eigenvalue weighted by Crippen LogP contribution is -2.03. The molecule has 0 aromatic heterocycles. The first-order valence-corrected chi connectivity index (χ1v) is 5.37. The summed E-state index contributed by atoms with van der Waals surface area (Å²) in [6.07, 6.45) is 5.78. The largest absolute Gasteiger partial charge is 0.0922 e. The van der Waals surface area contributed by atoms with Gasteiger partial charge in [-0.15, -0.1) is 0 Å². The molecule has 0 aromatic rings. The third-order valence-corrected chi connectivity index (χ3v) is 3.68. The summed E-state index contributed by atoms with van der Waals surface area (Å²) in [5.74, 6) is 0.886. The first-order valence-electron chi connectivity index (χ1n) is 4.24. The lowest BCUT2D eigenvalue weighted by Gasteiger charge is -2.12. The highest BCUT2D eigenvalue weighted by Crippen LogP contribution is 2.51. The van der Waals surface area contributed by atoms with Crippen molar-refractivity contribution in [2.75, 3.05) is 5.33 Å². The van der Waals surface area contributed by atoms with Crippen molar-refractivity contribution in [3.8, 4) is 0 Å². The van der Waals surface area contributed by atoms with Crippen molar-refractivity contribution < 1.29 is 0 Å². The van der Waals surface area contributed by atoms with E-state index in [-0.39, 0.29) is 0 Å². The van der Waals surface area contributed by atoms with Gasteiger partial charge in [0.2, 0.25) is 0 Å². The Morgan fingerprint density at radius 2 is 2.00 bits per heavy atom. The third-order valence-electron chi connectivity index (χ3n) is 2.49. The molecule has 0 radical (unpaired) electrons. The first-order chi connectivity index (χ1) is 4.68. The van der Waals surface area contributed by atoms with Gasteiger partial charge in [-0.3, -0.25) is 0 Å². The zero-order valence-electron chi connectivity index (χ0n) is 6.99. The van der Waals surface area contributed by atoms with Gasteiger partial charge in [0.05, 0.1) is 0 Å². The van der Waals surface area contributed by atoms with Crippen LogP contribution >= 0.6 is 15.9 Å². The minimum absolute atomic E-state index is 0.740. The van der Waals surface area contributed by atoms with Crippen molar-refractivity contribution in [1.29, 1.82) is 0 Å². The number of alkyl halides is 1. The molecule has 0 bridgehead atoms. The van der Waals surface area contributed by atoms with Crippen molar-refractivity contribution >= 4 is 15.9 Å². The molecule has 1 rings (SSSR count). The summed E-state index contributed by atoms with van der Waals surface area (Å²) in [7, 11) is 0. The molecule has 10 heavy (non-hydrogen) atoms. The van der Waals surface area contributed by atoms with Crippen molar-refractivity contribution in [3.05, 3.63) is 0 Å². The number of hydrogen-bond acceptors (Lipinski definition) is 0. The molecule has 0 atom stereocenters. The van der Waals surface area contributed by atoms with E-state index in [1.54, 1.807) is 0 Å². The Morgan fingerprint density at radius 1 is 1.40 bits per heavy atom. The quantitative estimate of drug-likeness (QED) is 0.615. The van der Waals surface area contributed by atoms with E-state index in [0.29, 0.717) is 0 Å². The third kappa shape index (κ3) is 2.26. The molecule has 1 fully saturated rings. The maximum absolute atomic E-state index is 3.58. The van der Waals surface area contributed by atoms with Crippen LogP contribution in [0, 0.1) is 11.3 Å². The van der Waals surface area contributed by atoms with Crippen LogP contribution in [0.3, 0.4) is 0 Å². The van der Waals surface area contributed by atoms with Gasteiger partial charge in [0.15, 0.2) is 0 Å². The Hall–Kier alpha value is 0.480. The molecule has 60 valence electrons. The second-order valence-corrected chi connectivity index (χ2v) is 4.63. The highest BCUT2D eigenvalue weighted by molar-refractivity contribution is 9.09. The van der Waals surface area contributed by atoms with Crippen LogP contribution in [0.15, 0.2) is 0 Å². The smallest absolute Gasteiger partial charge is 0.00879 e. The van der Waals surface area contributed by atoms with Crippen LogP contribution in [0.4, 0.5) is 0 Å². The highest BCUT2D eigenvalue weighted by Gasteiger charge is 2.40. The first kappa shape index (κ1) is 8.58. The van der Waals surface area contributed by atoms with Crippen molar-refractivity contribution in [3.63, 3.8) is 0 Å². The van der Waals surface area contributed by atoms with Gasteiger partial charge in [-0.2, -0.15) is 0 Å². The minimum atomic E-state index is 0.740. The van der Waals surface area contributed by atoms with E-state index >= 15 is 0 Å². The average Bonchev–Trinajstić information content (AvgIpc) is 2.64. The van der Waals surface area contributed by atoms with E-state index in [1.165, 1.54) is 31.0 Å². The zero-order valence-corrected chi connectivity index (χ0v) is 8.58. The molecule has 1 aliphatic rings. The molecule has 0 saturated heterocycles. The highest BCUT2D eigenvalue weighted by atomic mass is 79.9. The van der Waals surface area contributed by atoms with Gasteiger partial charge < -0.3 is 0 Å². The minimum Gasteiger partial charge on any atom is -0.0922 e. The summed E-state index contributed by atoms with van der Waals surface area (Å²) in [4.78, 5) is 0. The lowest BCUT2D eigenvalue weighted by atomic mass is 9.97. The fourth-order valence-electron chi connectivity index (χ4n) is 1.22. The van der Waals surface area contributed by atoms with E-state index < -0.39 is 0 Å². The van der Waals surface area contributed by atoms with Crippen LogP contribution in [-0.2, 0) is 0 Å². The standard InChI is InChI=1S/C9H17Br/c1-8(2)3-4-9(7-10)5-6-9/h8H,3-7H2,1-2H3. The molecule has 1 saturated carbocycles. The zero-order chi connectivity index (χ0) is 7.61. The van der Waals surface area contributed by atoms with Gasteiger partial charge in [0, 0.05) is 5.33 Å². The van der Waals surface area contributed by atoms with Gasteiger partial charge in [0.1, 0.15) is 0 Å². The molecule has 1 heteroatoms. The maximum Gasteiger partial charge on any atom is 0.00879 e. The summed E-state index contributed by atoms with van der Waals surface area (Å²) < 4.78 is 0. The topological polar surface area (TPSA) is 0 Å². The van der Waals surface area contributed by atoms with Crippen LogP contribution in [0.1, 0.15) is 39.5 Å². The molecule has 0 spiro atoms. The Labute approximate surface area is 72.5 Å². The molecule has 0 heterocycles. The molecule has 0 N–H and O–H groups in total. The molecule has 0 unspecified atom stereocenters. The lowest BCUT2D eigenvalue weighted by molar-refractivity contribution is 0.443. The Balaban J connectivity index is 2.13. The summed E-state index contributed by atoms with van der Waals surface area (Å²) in [6.45, 7) is 4.62. The predicted octanol–water partition coefficient (Wildman–Crippen LogP) is 3.60. The Kier molecular flexibility index (Phi) is 2.79. The van der Waals surface area contributed by atoms with E-state index in [9.17, 15) is 0 Å². The number of halogens is 1.